The third-order valence-electron chi connectivity index (χ3n) is 1.59. The number of hydrogen-bond donors (Lipinski definition) is 0. The first kappa shape index (κ1) is 9.08. The van der Waals surface area contributed by atoms with Crippen molar-refractivity contribution in [2.45, 2.75) is 12.1 Å². The third-order valence-corrected chi connectivity index (χ3v) is 2.97. The minimum Gasteiger partial charge on any atom is -0.239 e. The lowest BCUT2D eigenvalue weighted by Crippen LogP contribution is -2.31. The summed E-state index contributed by atoms with van der Waals surface area (Å²) in [6.45, 7) is 0. The molecule has 64 valence electrons. The Morgan fingerprint density at radius 3 is 2.33 bits per heavy atom. The molecule has 5 heteroatoms. The van der Waals surface area contributed by atoms with Crippen molar-refractivity contribution in [3.8, 4) is 24.7 Å². The van der Waals surface area contributed by atoms with Crippen molar-refractivity contribution < 1.29 is 12.6 Å². The monoisotopic (exact) mass is 185 g/mol. The van der Waals surface area contributed by atoms with E-state index in [0.29, 0.717) is 0 Å². The van der Waals surface area contributed by atoms with Crippen LogP contribution in [0.2, 0.25) is 0 Å². The van der Waals surface area contributed by atoms with Gasteiger partial charge in [0.05, 0.1) is 0 Å². The van der Waals surface area contributed by atoms with Crippen LogP contribution in [0.15, 0.2) is 0 Å². The first-order chi connectivity index (χ1) is 5.53. The summed E-state index contributed by atoms with van der Waals surface area (Å²) in [5.74, 6) is 4.41. The van der Waals surface area contributed by atoms with E-state index in [9.17, 15) is 8.42 Å². The van der Waals surface area contributed by atoms with Gasteiger partial charge in [-0.2, -0.15) is 12.7 Å². The molecule has 1 saturated heterocycles. The van der Waals surface area contributed by atoms with Crippen molar-refractivity contribution in [2.24, 2.45) is 0 Å². The molecule has 12 heavy (non-hydrogen) atoms. The fraction of sp³-hybridized carbons (Fsp3) is 0.429. The number of terminal acetylenes is 2. The normalized spacial score (nSPS) is 33.9. The second kappa shape index (κ2) is 2.80. The van der Waals surface area contributed by atoms with Gasteiger partial charge in [0.25, 0.3) is 0 Å². The van der Waals surface area contributed by atoms with Crippen LogP contribution < -0.4 is 0 Å². The molecule has 0 aromatic rings. The van der Waals surface area contributed by atoms with Crippen molar-refractivity contribution in [2.75, 3.05) is 7.05 Å². The van der Waals surface area contributed by atoms with Crippen LogP contribution in [-0.4, -0.2) is 31.9 Å². The highest BCUT2D eigenvalue weighted by Crippen LogP contribution is 2.21. The van der Waals surface area contributed by atoms with Crippen LogP contribution in [0.25, 0.3) is 0 Å². The second-order valence-electron chi connectivity index (χ2n) is 2.27. The van der Waals surface area contributed by atoms with Gasteiger partial charge in [0, 0.05) is 7.05 Å². The number of hydrogen-bond acceptors (Lipinski definition) is 3. The minimum atomic E-state index is -3.70. The van der Waals surface area contributed by atoms with Crippen LogP contribution in [0.4, 0.5) is 0 Å². The molecule has 4 nitrogen and oxygen atoms in total. The molecule has 0 aromatic heterocycles. The standard InChI is InChI=1S/C7H7NO3S/c1-4-6-7(5-2)11-12(9,10)8(6)3/h1-2,6-7H,3H3/t6?,7-/m1/s1. The smallest absolute Gasteiger partial charge is 0.239 e. The Bertz CT molecular complexity index is 359. The molecule has 1 unspecified atom stereocenters. The van der Waals surface area contributed by atoms with Gasteiger partial charge in [0.15, 0.2) is 6.10 Å². The van der Waals surface area contributed by atoms with Gasteiger partial charge in [0.2, 0.25) is 0 Å². The molecule has 0 amide bonds. The molecule has 0 spiro atoms. The van der Waals surface area contributed by atoms with Crippen LogP contribution >= 0.6 is 0 Å². The SMILES string of the molecule is C#CC1[C@@H](C#C)OS(=O)(=O)N1C. The molecule has 1 heterocycles. The molecular formula is C7H7NO3S. The summed E-state index contributed by atoms with van der Waals surface area (Å²) < 4.78 is 27.5. The van der Waals surface area contributed by atoms with E-state index < -0.39 is 22.4 Å². The maximum Gasteiger partial charge on any atom is 0.340 e. The Balaban J connectivity index is 3.07. The summed E-state index contributed by atoms with van der Waals surface area (Å²) in [4.78, 5) is 0. The van der Waals surface area contributed by atoms with Gasteiger partial charge in [-0.3, -0.25) is 0 Å². The lowest BCUT2D eigenvalue weighted by Gasteiger charge is -2.09. The van der Waals surface area contributed by atoms with Crippen LogP contribution in [-0.2, 0) is 14.5 Å². The minimum absolute atomic E-state index is 0.694. The van der Waals surface area contributed by atoms with Gasteiger partial charge in [-0.05, 0) is 0 Å². The van der Waals surface area contributed by atoms with E-state index in [0.717, 1.165) is 4.31 Å². The summed E-state index contributed by atoms with van der Waals surface area (Å²) >= 11 is 0. The highest BCUT2D eigenvalue weighted by atomic mass is 32.2. The van der Waals surface area contributed by atoms with E-state index >= 15 is 0 Å². The lowest BCUT2D eigenvalue weighted by atomic mass is 10.2. The molecule has 0 saturated carbocycles. The third kappa shape index (κ3) is 1.19. The average Bonchev–Trinajstić information content (AvgIpc) is 2.24. The topological polar surface area (TPSA) is 46.6 Å². The zero-order chi connectivity index (χ0) is 9.35. The van der Waals surface area contributed by atoms with E-state index in [1.807, 2.05) is 0 Å². The van der Waals surface area contributed by atoms with Gasteiger partial charge in [-0.15, -0.1) is 12.8 Å². The zero-order valence-corrected chi connectivity index (χ0v) is 7.21. The molecule has 0 bridgehead atoms. The Morgan fingerprint density at radius 2 is 2.00 bits per heavy atom. The maximum absolute atomic E-state index is 11.0. The van der Waals surface area contributed by atoms with E-state index in [-0.39, 0.29) is 0 Å². The summed E-state index contributed by atoms with van der Waals surface area (Å²) in [6, 6.07) is -0.694. The van der Waals surface area contributed by atoms with E-state index in [4.69, 9.17) is 12.8 Å². The Hall–Kier alpha value is -1.01. The highest BCUT2D eigenvalue weighted by molar-refractivity contribution is 7.84. The van der Waals surface area contributed by atoms with Crippen molar-refractivity contribution in [3.05, 3.63) is 0 Å². The molecule has 2 atom stereocenters. The Morgan fingerprint density at radius 1 is 1.42 bits per heavy atom. The number of nitrogens with zero attached hydrogens (tertiary/aromatic N) is 1. The van der Waals surface area contributed by atoms with Gasteiger partial charge in [-0.25, -0.2) is 4.18 Å². The first-order valence-electron chi connectivity index (χ1n) is 3.11. The average molecular weight is 185 g/mol. The van der Waals surface area contributed by atoms with E-state index in [1.165, 1.54) is 7.05 Å². The van der Waals surface area contributed by atoms with Crippen LogP contribution in [0.3, 0.4) is 0 Å². The zero-order valence-electron chi connectivity index (χ0n) is 6.39. The first-order valence-corrected chi connectivity index (χ1v) is 4.48. The fourth-order valence-corrected chi connectivity index (χ4v) is 1.90. The summed E-state index contributed by atoms with van der Waals surface area (Å²) in [7, 11) is -2.37. The molecule has 0 radical (unpaired) electrons. The van der Waals surface area contributed by atoms with Crippen LogP contribution in [0.5, 0.6) is 0 Å². The predicted octanol–water partition coefficient (Wildman–Crippen LogP) is -0.803. The predicted molar refractivity (Wildman–Crippen MR) is 43.0 cm³/mol. The van der Waals surface area contributed by atoms with Gasteiger partial charge in [-0.1, -0.05) is 11.8 Å². The van der Waals surface area contributed by atoms with E-state index in [1.54, 1.807) is 0 Å². The Kier molecular flexibility index (Phi) is 2.12. The van der Waals surface area contributed by atoms with Crippen molar-refractivity contribution in [1.82, 2.24) is 4.31 Å². The summed E-state index contributed by atoms with van der Waals surface area (Å²) in [5, 5.41) is 0. The molecule has 0 aromatic carbocycles. The molecule has 1 fully saturated rings. The van der Waals surface area contributed by atoms with Gasteiger partial charge < -0.3 is 0 Å². The van der Waals surface area contributed by atoms with Crippen molar-refractivity contribution in [3.63, 3.8) is 0 Å². The van der Waals surface area contributed by atoms with Crippen molar-refractivity contribution in [1.29, 1.82) is 0 Å². The van der Waals surface area contributed by atoms with Crippen LogP contribution in [0, 0.1) is 24.7 Å². The number of rotatable bonds is 0. The largest absolute Gasteiger partial charge is 0.340 e. The van der Waals surface area contributed by atoms with Crippen molar-refractivity contribution >= 4 is 10.3 Å². The molecule has 1 rings (SSSR count). The van der Waals surface area contributed by atoms with Crippen LogP contribution in [0.1, 0.15) is 0 Å². The maximum atomic E-state index is 11.0. The van der Waals surface area contributed by atoms with E-state index in [2.05, 4.69) is 16.0 Å². The fourth-order valence-electron chi connectivity index (χ4n) is 0.893. The molecule has 0 aliphatic carbocycles. The molecule has 1 aliphatic heterocycles. The second-order valence-corrected chi connectivity index (χ2v) is 3.89. The van der Waals surface area contributed by atoms with Gasteiger partial charge in [0.1, 0.15) is 6.04 Å². The number of likely N-dealkylation sites (N-methyl/N-ethyl adjacent to an activating group) is 1. The molecular weight excluding hydrogens is 178 g/mol. The lowest BCUT2D eigenvalue weighted by molar-refractivity contribution is 0.285. The van der Waals surface area contributed by atoms with Gasteiger partial charge >= 0.3 is 10.3 Å². The highest BCUT2D eigenvalue weighted by Gasteiger charge is 2.42. The summed E-state index contributed by atoms with van der Waals surface area (Å²) in [5.41, 5.74) is 0. The summed E-state index contributed by atoms with van der Waals surface area (Å²) in [6.07, 6.45) is 9.23. The quantitative estimate of drug-likeness (QED) is 0.464. The molecule has 1 aliphatic rings. The molecule has 0 N–H and O–H groups in total. The Labute approximate surface area is 71.8 Å².